The Morgan fingerprint density at radius 2 is 1.81 bits per heavy atom. The van der Waals surface area contributed by atoms with Crippen LogP contribution in [0.5, 0.6) is 0 Å². The Morgan fingerprint density at radius 1 is 1.14 bits per heavy atom. The second kappa shape index (κ2) is 9.10. The number of ketones is 1. The molecule has 1 aromatic carbocycles. The number of benzene rings is 1. The van der Waals surface area contributed by atoms with Gasteiger partial charge in [-0.2, -0.15) is 0 Å². The average molecular weight is 293 g/mol. The van der Waals surface area contributed by atoms with Gasteiger partial charge in [-0.05, 0) is 45.3 Å². The zero-order chi connectivity index (χ0) is 15.7. The van der Waals surface area contributed by atoms with E-state index in [1.54, 1.807) is 24.3 Å². The number of hydrogen-bond donors (Lipinski definition) is 2. The highest BCUT2D eigenvalue weighted by Crippen LogP contribution is 2.09. The quantitative estimate of drug-likeness (QED) is 0.564. The maximum atomic E-state index is 11.6. The fraction of sp³-hybridized carbons (Fsp3) is 0.467. The van der Waals surface area contributed by atoms with Gasteiger partial charge in [-0.15, -0.1) is 0 Å². The smallest absolute Gasteiger partial charge is 0.319 e. The van der Waals surface area contributed by atoms with E-state index in [4.69, 9.17) is 4.74 Å². The molecule has 1 rings (SSSR count). The summed E-state index contributed by atoms with van der Waals surface area (Å²) >= 11 is 0. The third kappa shape index (κ3) is 7.43. The van der Waals surface area contributed by atoms with Crippen LogP contribution in [0.1, 0.15) is 17.3 Å². The predicted octanol–water partition coefficient (Wildman–Crippen LogP) is 1.59. The summed E-state index contributed by atoms with van der Waals surface area (Å²) in [6, 6.07) is 6.47. The molecule has 0 heterocycles. The van der Waals surface area contributed by atoms with Crippen molar-refractivity contribution in [2.75, 3.05) is 45.7 Å². The minimum atomic E-state index is -0.290. The van der Waals surface area contributed by atoms with Gasteiger partial charge in [0.2, 0.25) is 0 Å². The molecule has 0 atom stereocenters. The molecule has 21 heavy (non-hydrogen) atoms. The van der Waals surface area contributed by atoms with Gasteiger partial charge in [0.15, 0.2) is 5.78 Å². The molecule has 0 aliphatic heterocycles. The lowest BCUT2D eigenvalue weighted by molar-refractivity contribution is 0.101. The molecule has 0 aliphatic rings. The van der Waals surface area contributed by atoms with Crippen LogP contribution in [-0.4, -0.2) is 57.1 Å². The van der Waals surface area contributed by atoms with Gasteiger partial charge in [0.1, 0.15) is 0 Å². The van der Waals surface area contributed by atoms with Crippen LogP contribution in [0.4, 0.5) is 10.5 Å². The highest BCUT2D eigenvalue weighted by atomic mass is 16.5. The highest BCUT2D eigenvalue weighted by molar-refractivity contribution is 5.95. The largest absolute Gasteiger partial charge is 0.378 e. The molecule has 1 aromatic rings. The molecule has 0 saturated heterocycles. The van der Waals surface area contributed by atoms with Crippen LogP contribution in [0, 0.1) is 0 Å². The maximum Gasteiger partial charge on any atom is 0.319 e. The van der Waals surface area contributed by atoms with Gasteiger partial charge in [0.25, 0.3) is 0 Å². The van der Waals surface area contributed by atoms with Crippen molar-refractivity contribution in [1.82, 2.24) is 10.2 Å². The van der Waals surface area contributed by atoms with Crippen molar-refractivity contribution in [3.8, 4) is 0 Å². The lowest BCUT2D eigenvalue weighted by atomic mass is 10.1. The molecule has 6 heteroatoms. The molecule has 116 valence electrons. The lowest BCUT2D eigenvalue weighted by Crippen LogP contribution is -2.32. The topological polar surface area (TPSA) is 70.7 Å². The SMILES string of the molecule is CC(=O)c1ccc(NC(=O)NCCOCCN(C)C)cc1. The Hall–Kier alpha value is -1.92. The second-order valence-electron chi connectivity index (χ2n) is 4.93. The van der Waals surface area contributed by atoms with Gasteiger partial charge in [-0.1, -0.05) is 0 Å². The van der Waals surface area contributed by atoms with Crippen molar-refractivity contribution in [2.24, 2.45) is 0 Å². The van der Waals surface area contributed by atoms with E-state index in [1.165, 1.54) is 6.92 Å². The predicted molar refractivity (Wildman–Crippen MR) is 82.8 cm³/mol. The summed E-state index contributed by atoms with van der Waals surface area (Å²) in [6.07, 6.45) is 0. The van der Waals surface area contributed by atoms with Crippen LogP contribution in [0.15, 0.2) is 24.3 Å². The number of anilines is 1. The number of carbonyl (C=O) groups excluding carboxylic acids is 2. The first-order chi connectivity index (χ1) is 9.99. The molecule has 0 radical (unpaired) electrons. The van der Waals surface area contributed by atoms with Crippen molar-refractivity contribution in [3.63, 3.8) is 0 Å². The Labute approximate surface area is 125 Å². The third-order valence-electron chi connectivity index (χ3n) is 2.76. The van der Waals surface area contributed by atoms with Crippen molar-refractivity contribution in [3.05, 3.63) is 29.8 Å². The number of nitrogens with zero attached hydrogens (tertiary/aromatic N) is 1. The monoisotopic (exact) mass is 293 g/mol. The number of nitrogens with one attached hydrogen (secondary N) is 2. The Kier molecular flexibility index (Phi) is 7.42. The van der Waals surface area contributed by atoms with Crippen molar-refractivity contribution < 1.29 is 14.3 Å². The number of ether oxygens (including phenoxy) is 1. The van der Waals surface area contributed by atoms with E-state index < -0.39 is 0 Å². The van der Waals surface area contributed by atoms with Gasteiger partial charge in [-0.3, -0.25) is 4.79 Å². The second-order valence-corrected chi connectivity index (χ2v) is 4.93. The summed E-state index contributed by atoms with van der Waals surface area (Å²) in [4.78, 5) is 24.8. The lowest BCUT2D eigenvalue weighted by Gasteiger charge is -2.11. The first kappa shape index (κ1) is 17.1. The first-order valence-electron chi connectivity index (χ1n) is 6.87. The molecule has 6 nitrogen and oxygen atoms in total. The van der Waals surface area contributed by atoms with Gasteiger partial charge in [-0.25, -0.2) is 4.79 Å². The fourth-order valence-electron chi connectivity index (χ4n) is 1.55. The van der Waals surface area contributed by atoms with Crippen LogP contribution in [-0.2, 0) is 4.74 Å². The maximum absolute atomic E-state index is 11.6. The number of likely N-dealkylation sites (N-methyl/N-ethyl adjacent to an activating group) is 1. The van der Waals surface area contributed by atoms with Crippen LogP contribution < -0.4 is 10.6 Å². The number of carbonyl (C=O) groups is 2. The van der Waals surface area contributed by atoms with Crippen molar-refractivity contribution >= 4 is 17.5 Å². The van der Waals surface area contributed by atoms with Crippen molar-refractivity contribution in [1.29, 1.82) is 0 Å². The Morgan fingerprint density at radius 3 is 2.38 bits per heavy atom. The molecule has 2 amide bonds. The number of hydrogen-bond acceptors (Lipinski definition) is 4. The minimum absolute atomic E-state index is 0.000810. The molecule has 0 aliphatic carbocycles. The zero-order valence-corrected chi connectivity index (χ0v) is 12.8. The summed E-state index contributed by atoms with van der Waals surface area (Å²) < 4.78 is 5.37. The van der Waals surface area contributed by atoms with E-state index in [0.717, 1.165) is 6.54 Å². The van der Waals surface area contributed by atoms with E-state index in [9.17, 15) is 9.59 Å². The summed E-state index contributed by atoms with van der Waals surface area (Å²) in [7, 11) is 3.96. The van der Waals surface area contributed by atoms with E-state index in [2.05, 4.69) is 10.6 Å². The molecule has 2 N–H and O–H groups in total. The van der Waals surface area contributed by atoms with E-state index in [0.29, 0.717) is 31.0 Å². The number of rotatable bonds is 8. The van der Waals surface area contributed by atoms with Crippen LogP contribution >= 0.6 is 0 Å². The number of Topliss-reactive ketones (excluding diaryl/α,β-unsaturated/α-hetero) is 1. The molecule has 0 bridgehead atoms. The normalized spacial score (nSPS) is 10.5. The fourth-order valence-corrected chi connectivity index (χ4v) is 1.55. The Balaban J connectivity index is 2.20. The van der Waals surface area contributed by atoms with Crippen LogP contribution in [0.25, 0.3) is 0 Å². The summed E-state index contributed by atoms with van der Waals surface area (Å²) in [5.74, 6) is 0.000810. The Bertz CT molecular complexity index is 458. The molecular weight excluding hydrogens is 270 g/mol. The van der Waals surface area contributed by atoms with Gasteiger partial charge in [0, 0.05) is 24.3 Å². The summed E-state index contributed by atoms with van der Waals surface area (Å²) in [6.45, 7) is 3.93. The van der Waals surface area contributed by atoms with Gasteiger partial charge in [0.05, 0.1) is 13.2 Å². The zero-order valence-electron chi connectivity index (χ0n) is 12.8. The molecular formula is C15H23N3O3. The summed E-state index contributed by atoms with van der Waals surface area (Å²) in [5.41, 5.74) is 1.27. The number of urea groups is 1. The molecule has 0 unspecified atom stereocenters. The molecule has 0 saturated carbocycles. The minimum Gasteiger partial charge on any atom is -0.378 e. The molecule has 0 fully saturated rings. The number of amides is 2. The van der Waals surface area contributed by atoms with Gasteiger partial charge < -0.3 is 20.3 Å². The standard InChI is InChI=1S/C15H23N3O3/c1-12(19)13-4-6-14(7-5-13)17-15(20)16-8-10-21-11-9-18(2)3/h4-7H,8-11H2,1-3H3,(H2,16,17,20). The van der Waals surface area contributed by atoms with Crippen LogP contribution in [0.2, 0.25) is 0 Å². The third-order valence-corrected chi connectivity index (χ3v) is 2.76. The van der Waals surface area contributed by atoms with Crippen molar-refractivity contribution in [2.45, 2.75) is 6.92 Å². The highest BCUT2D eigenvalue weighted by Gasteiger charge is 2.02. The van der Waals surface area contributed by atoms with Crippen LogP contribution in [0.3, 0.4) is 0 Å². The van der Waals surface area contributed by atoms with Gasteiger partial charge >= 0.3 is 6.03 Å². The molecule has 0 aromatic heterocycles. The first-order valence-corrected chi connectivity index (χ1v) is 6.87. The molecule has 0 spiro atoms. The average Bonchev–Trinajstić information content (AvgIpc) is 2.43. The van der Waals surface area contributed by atoms with E-state index in [1.807, 2.05) is 19.0 Å². The summed E-state index contributed by atoms with van der Waals surface area (Å²) in [5, 5.41) is 5.39. The van der Waals surface area contributed by atoms with E-state index in [-0.39, 0.29) is 11.8 Å². The van der Waals surface area contributed by atoms with E-state index >= 15 is 0 Å².